The van der Waals surface area contributed by atoms with Crippen LogP contribution in [0.15, 0.2) is 19.9 Å². The first-order valence-corrected chi connectivity index (χ1v) is 8.90. The monoisotopic (exact) mass is 413 g/mol. The summed E-state index contributed by atoms with van der Waals surface area (Å²) in [7, 11) is 0. The molecular weight excluding hydrogens is 394 g/mol. The zero-order chi connectivity index (χ0) is 20.9. The van der Waals surface area contributed by atoms with Gasteiger partial charge >= 0.3 is 4.87 Å². The first-order chi connectivity index (χ1) is 13.1. The molecular formula is C13H19N9O5S. The van der Waals surface area contributed by atoms with Gasteiger partial charge in [0.2, 0.25) is 5.95 Å². The number of thiazole rings is 1. The molecule has 2 aromatic heterocycles. The lowest BCUT2D eigenvalue weighted by molar-refractivity contribution is -0.0262. The first-order valence-electron chi connectivity index (χ1n) is 8.09. The molecule has 14 nitrogen and oxygen atoms in total. The molecule has 1 aliphatic rings. The van der Waals surface area contributed by atoms with Gasteiger partial charge in [0.05, 0.1) is 11.6 Å². The van der Waals surface area contributed by atoms with Crippen LogP contribution in [-0.4, -0.2) is 38.0 Å². The minimum atomic E-state index is -1.49. The molecule has 0 aliphatic carbocycles. The third-order valence-electron chi connectivity index (χ3n) is 5.01. The zero-order valence-corrected chi connectivity index (χ0v) is 15.8. The molecule has 0 spiro atoms. The standard InChI is InChI=1S/C13H19N9O5S/c1-12(2,20-26)13(14)3-5(4-17-25)27-9(13)21-7-6(28-11(21)24)8(23)22(16)10(18-7)19-15/h5,9H,3-4,14-16H2,1-2H3,(H,18,19)/t5?,9-,13+/m1/s1. The average molecular weight is 413 g/mol. The number of nitrogens with zero attached hydrogens (tertiary/aromatic N) is 5. The van der Waals surface area contributed by atoms with Crippen LogP contribution in [0.25, 0.3) is 10.3 Å². The minimum Gasteiger partial charge on any atom is -0.350 e. The van der Waals surface area contributed by atoms with E-state index < -0.39 is 33.8 Å². The van der Waals surface area contributed by atoms with Crippen LogP contribution >= 0.6 is 11.3 Å². The van der Waals surface area contributed by atoms with Crippen molar-refractivity contribution in [3.05, 3.63) is 29.8 Å². The van der Waals surface area contributed by atoms with Crippen LogP contribution in [0.4, 0.5) is 5.95 Å². The second-order valence-electron chi connectivity index (χ2n) is 6.96. The summed E-state index contributed by atoms with van der Waals surface area (Å²) >= 11 is 0.593. The third-order valence-corrected chi connectivity index (χ3v) is 5.94. The van der Waals surface area contributed by atoms with E-state index in [-0.39, 0.29) is 29.3 Å². The van der Waals surface area contributed by atoms with Gasteiger partial charge in [-0.15, -0.1) is 0 Å². The highest BCUT2D eigenvalue weighted by Crippen LogP contribution is 2.45. The maximum atomic E-state index is 12.7. The van der Waals surface area contributed by atoms with E-state index in [2.05, 4.69) is 20.8 Å². The van der Waals surface area contributed by atoms with E-state index in [4.69, 9.17) is 22.2 Å². The van der Waals surface area contributed by atoms with E-state index in [1.54, 1.807) is 0 Å². The van der Waals surface area contributed by atoms with Crippen LogP contribution in [-0.2, 0) is 4.74 Å². The SMILES string of the molecule is CC(C)(N=O)[C@]1(N)CC(CN=O)O[C@H]1n1c(=O)sc2c(=O)n(N)c(NN)nc21. The topological polar surface area (TPSA) is 215 Å². The summed E-state index contributed by atoms with van der Waals surface area (Å²) in [5, 5.41) is 5.90. The van der Waals surface area contributed by atoms with Crippen LogP contribution in [0.1, 0.15) is 26.5 Å². The highest BCUT2D eigenvalue weighted by Gasteiger charge is 2.58. The number of ether oxygens (including phenoxy) is 1. The smallest absolute Gasteiger partial charge is 0.311 e. The highest BCUT2D eigenvalue weighted by atomic mass is 32.1. The van der Waals surface area contributed by atoms with Crippen LogP contribution in [0.3, 0.4) is 0 Å². The van der Waals surface area contributed by atoms with Gasteiger partial charge in [0.15, 0.2) is 11.9 Å². The Morgan fingerprint density at radius 3 is 2.68 bits per heavy atom. The second-order valence-corrected chi connectivity index (χ2v) is 7.92. The number of fused-ring (bicyclic) bond motifs is 1. The van der Waals surface area contributed by atoms with Crippen molar-refractivity contribution in [1.29, 1.82) is 0 Å². The molecule has 15 heteroatoms. The normalized spacial score (nSPS) is 25.1. The highest BCUT2D eigenvalue weighted by molar-refractivity contribution is 7.16. The lowest BCUT2D eigenvalue weighted by atomic mass is 9.77. The van der Waals surface area contributed by atoms with Gasteiger partial charge in [-0.25, -0.2) is 5.84 Å². The molecule has 2 aromatic rings. The fourth-order valence-corrected chi connectivity index (χ4v) is 4.11. The molecule has 1 aliphatic heterocycles. The van der Waals surface area contributed by atoms with E-state index in [0.29, 0.717) is 16.0 Å². The predicted molar refractivity (Wildman–Crippen MR) is 102 cm³/mol. The number of nitrogens with one attached hydrogen (secondary N) is 1. The van der Waals surface area contributed by atoms with Crippen molar-refractivity contribution in [2.45, 2.75) is 43.7 Å². The molecule has 3 heterocycles. The maximum absolute atomic E-state index is 12.7. The molecule has 0 aromatic carbocycles. The van der Waals surface area contributed by atoms with Crippen molar-refractivity contribution in [3.63, 3.8) is 0 Å². The van der Waals surface area contributed by atoms with Crippen molar-refractivity contribution in [3.8, 4) is 0 Å². The molecule has 1 unspecified atom stereocenters. The van der Waals surface area contributed by atoms with Crippen molar-refractivity contribution in [1.82, 2.24) is 14.2 Å². The van der Waals surface area contributed by atoms with Gasteiger partial charge in [0.25, 0.3) is 5.56 Å². The number of hydrazine groups is 1. The first kappa shape index (κ1) is 20.0. The summed E-state index contributed by atoms with van der Waals surface area (Å²) in [4.78, 5) is 50.8. The van der Waals surface area contributed by atoms with Crippen molar-refractivity contribution < 1.29 is 4.74 Å². The van der Waals surface area contributed by atoms with E-state index >= 15 is 0 Å². The number of nitrogen functional groups attached to an aromatic ring is 2. The van der Waals surface area contributed by atoms with Gasteiger partial charge in [-0.05, 0) is 13.8 Å². The Labute approximate surface area is 160 Å². The van der Waals surface area contributed by atoms with Crippen LogP contribution < -0.4 is 33.3 Å². The van der Waals surface area contributed by atoms with E-state index in [1.807, 2.05) is 0 Å². The quantitative estimate of drug-likeness (QED) is 0.255. The number of hydrogen-bond acceptors (Lipinski definition) is 13. The Morgan fingerprint density at radius 2 is 2.11 bits per heavy atom. The number of aromatic nitrogens is 3. The largest absolute Gasteiger partial charge is 0.350 e. The summed E-state index contributed by atoms with van der Waals surface area (Å²) in [6, 6.07) is 0. The van der Waals surface area contributed by atoms with E-state index in [9.17, 15) is 19.4 Å². The number of rotatable bonds is 6. The van der Waals surface area contributed by atoms with Gasteiger partial charge in [-0.1, -0.05) is 21.7 Å². The lowest BCUT2D eigenvalue weighted by Gasteiger charge is -2.38. The molecule has 28 heavy (non-hydrogen) atoms. The second kappa shape index (κ2) is 6.69. The Hall–Kier alpha value is -2.75. The molecule has 3 atom stereocenters. The van der Waals surface area contributed by atoms with Crippen LogP contribution in [0, 0.1) is 9.81 Å². The van der Waals surface area contributed by atoms with Crippen molar-refractivity contribution in [2.75, 3.05) is 17.8 Å². The molecule has 1 fully saturated rings. The fourth-order valence-electron chi connectivity index (χ4n) is 3.24. The van der Waals surface area contributed by atoms with Crippen molar-refractivity contribution >= 4 is 27.6 Å². The summed E-state index contributed by atoms with van der Waals surface area (Å²) in [6.45, 7) is 2.74. The molecule has 0 bridgehead atoms. The van der Waals surface area contributed by atoms with Gasteiger partial charge in [-0.2, -0.15) is 19.5 Å². The van der Waals surface area contributed by atoms with Gasteiger partial charge in [0, 0.05) is 6.42 Å². The minimum absolute atomic E-state index is 0.0296. The summed E-state index contributed by atoms with van der Waals surface area (Å²) < 4.78 is 7.47. The van der Waals surface area contributed by atoms with Gasteiger partial charge in [-0.3, -0.25) is 19.6 Å². The molecule has 0 saturated carbocycles. The third kappa shape index (κ3) is 2.70. The number of hydrogen-bond donors (Lipinski definition) is 4. The van der Waals surface area contributed by atoms with E-state index in [0.717, 1.165) is 4.57 Å². The Kier molecular flexibility index (Phi) is 4.78. The van der Waals surface area contributed by atoms with E-state index in [1.165, 1.54) is 13.8 Å². The van der Waals surface area contributed by atoms with Gasteiger partial charge < -0.3 is 16.3 Å². The van der Waals surface area contributed by atoms with Gasteiger partial charge in [0.1, 0.15) is 16.8 Å². The number of nitrogens with two attached hydrogens (primary N) is 3. The predicted octanol–water partition coefficient (Wildman–Crippen LogP) is -1.08. The molecule has 3 rings (SSSR count). The van der Waals surface area contributed by atoms with Crippen LogP contribution in [0.2, 0.25) is 0 Å². The summed E-state index contributed by atoms with van der Waals surface area (Å²) in [5.74, 6) is 10.7. The number of anilines is 1. The molecule has 0 radical (unpaired) electrons. The maximum Gasteiger partial charge on any atom is 0.311 e. The summed E-state index contributed by atoms with van der Waals surface area (Å²) in [6.07, 6.45) is -1.96. The molecule has 152 valence electrons. The summed E-state index contributed by atoms with van der Waals surface area (Å²) in [5.41, 5.74) is 5.01. The zero-order valence-electron chi connectivity index (χ0n) is 15.0. The molecule has 1 saturated heterocycles. The molecule has 7 N–H and O–H groups in total. The lowest BCUT2D eigenvalue weighted by Crippen LogP contribution is -2.60. The Balaban J connectivity index is 2.30. The van der Waals surface area contributed by atoms with Crippen LogP contribution in [0.5, 0.6) is 0 Å². The number of nitroso groups, excluding NO2 is 2. The fraction of sp³-hybridized carbons (Fsp3) is 0.615. The average Bonchev–Trinajstić information content (AvgIpc) is 3.15. The van der Waals surface area contributed by atoms with Crippen molar-refractivity contribution in [2.24, 2.45) is 21.9 Å². The molecule has 0 amide bonds. The Morgan fingerprint density at radius 1 is 1.43 bits per heavy atom. The Bertz CT molecular complexity index is 1060.